The first-order valence-electron chi connectivity index (χ1n) is 7.85. The number of aromatic nitrogens is 2. The third kappa shape index (κ3) is 4.32. The molecule has 0 fully saturated rings. The maximum atomic E-state index is 12.3. The molecule has 0 saturated carbocycles. The normalized spacial score (nSPS) is 10.6. The zero-order valence-electron chi connectivity index (χ0n) is 14.5. The number of ether oxygens (including phenoxy) is 2. The number of thiophene rings is 1. The first kappa shape index (κ1) is 19.0. The van der Waals surface area contributed by atoms with E-state index in [1.807, 2.05) is 11.4 Å². The molecule has 1 amide bonds. The number of aryl methyl sites for hydroxylation is 1. The Balaban J connectivity index is 1.68. The number of nitrogens with one attached hydrogen (secondary N) is 1. The van der Waals surface area contributed by atoms with Gasteiger partial charge in [0, 0.05) is 18.6 Å². The SMILES string of the molecule is COc1cc(NC(=O)CCn2nc(-c3cccs3)oc2=O)c(OC)cc1Cl. The van der Waals surface area contributed by atoms with Crippen molar-refractivity contribution in [3.8, 4) is 22.3 Å². The predicted octanol–water partition coefficient (Wildman–Crippen LogP) is 3.26. The summed E-state index contributed by atoms with van der Waals surface area (Å²) in [5.74, 6) is 0.0931. The number of anilines is 1. The minimum atomic E-state index is -0.614. The molecule has 1 aromatic carbocycles. The van der Waals surface area contributed by atoms with Crippen LogP contribution in [0.4, 0.5) is 5.69 Å². The van der Waals surface area contributed by atoms with Crippen molar-refractivity contribution in [2.75, 3.05) is 19.5 Å². The fourth-order valence-electron chi connectivity index (χ4n) is 2.33. The summed E-state index contributed by atoms with van der Waals surface area (Å²) in [6.45, 7) is 0.0760. The Labute approximate surface area is 163 Å². The molecule has 2 heterocycles. The van der Waals surface area contributed by atoms with Crippen LogP contribution in [0, 0.1) is 0 Å². The lowest BCUT2D eigenvalue weighted by Crippen LogP contribution is -2.21. The number of halogens is 1. The van der Waals surface area contributed by atoms with E-state index in [9.17, 15) is 9.59 Å². The number of amides is 1. The monoisotopic (exact) mass is 409 g/mol. The lowest BCUT2D eigenvalue weighted by Gasteiger charge is -2.13. The molecular weight excluding hydrogens is 394 g/mol. The molecule has 8 nitrogen and oxygen atoms in total. The van der Waals surface area contributed by atoms with Gasteiger partial charge in [-0.2, -0.15) is 4.68 Å². The van der Waals surface area contributed by atoms with Crippen LogP contribution in [0.3, 0.4) is 0 Å². The van der Waals surface area contributed by atoms with Gasteiger partial charge in [0.15, 0.2) is 0 Å². The fraction of sp³-hybridized carbons (Fsp3) is 0.235. The maximum Gasteiger partial charge on any atom is 0.437 e. The van der Waals surface area contributed by atoms with Crippen LogP contribution in [0.1, 0.15) is 6.42 Å². The Morgan fingerprint density at radius 2 is 2.11 bits per heavy atom. The van der Waals surface area contributed by atoms with Crippen LogP contribution in [0.5, 0.6) is 11.5 Å². The third-order valence-electron chi connectivity index (χ3n) is 3.64. The summed E-state index contributed by atoms with van der Waals surface area (Å²) in [5.41, 5.74) is 0.413. The van der Waals surface area contributed by atoms with E-state index in [2.05, 4.69) is 10.4 Å². The minimum absolute atomic E-state index is 0.0183. The molecule has 0 aliphatic rings. The third-order valence-corrected chi connectivity index (χ3v) is 4.79. The van der Waals surface area contributed by atoms with E-state index in [4.69, 9.17) is 25.5 Å². The zero-order chi connectivity index (χ0) is 19.4. The Bertz CT molecular complexity index is 997. The Morgan fingerprint density at radius 3 is 2.78 bits per heavy atom. The van der Waals surface area contributed by atoms with Gasteiger partial charge in [0.1, 0.15) is 11.5 Å². The van der Waals surface area contributed by atoms with E-state index in [1.165, 1.54) is 25.6 Å². The van der Waals surface area contributed by atoms with E-state index in [0.717, 1.165) is 9.56 Å². The van der Waals surface area contributed by atoms with Gasteiger partial charge >= 0.3 is 5.76 Å². The number of hydrogen-bond donors (Lipinski definition) is 1. The van der Waals surface area contributed by atoms with E-state index in [0.29, 0.717) is 22.2 Å². The molecular formula is C17H16ClN3O5S. The Morgan fingerprint density at radius 1 is 1.33 bits per heavy atom. The molecule has 0 atom stereocenters. The number of carbonyl (C=O) groups excluding carboxylic acids is 1. The van der Waals surface area contributed by atoms with Crippen molar-refractivity contribution in [1.82, 2.24) is 9.78 Å². The molecule has 3 aromatic rings. The fourth-order valence-corrected chi connectivity index (χ4v) is 3.20. The molecule has 0 aliphatic carbocycles. The van der Waals surface area contributed by atoms with E-state index in [1.54, 1.807) is 18.2 Å². The average Bonchev–Trinajstić information content (AvgIpc) is 3.30. The minimum Gasteiger partial charge on any atom is -0.495 e. The van der Waals surface area contributed by atoms with Gasteiger partial charge < -0.3 is 19.2 Å². The molecule has 0 aliphatic heterocycles. The van der Waals surface area contributed by atoms with Crippen LogP contribution in [-0.4, -0.2) is 29.9 Å². The van der Waals surface area contributed by atoms with Crippen molar-refractivity contribution < 1.29 is 18.7 Å². The summed E-state index contributed by atoms with van der Waals surface area (Å²) < 4.78 is 16.6. The number of rotatable bonds is 7. The second kappa shape index (κ2) is 8.28. The quantitative estimate of drug-likeness (QED) is 0.643. The molecule has 1 N–H and O–H groups in total. The predicted molar refractivity (Wildman–Crippen MR) is 102 cm³/mol. The van der Waals surface area contributed by atoms with Crippen LogP contribution < -0.4 is 20.5 Å². The zero-order valence-corrected chi connectivity index (χ0v) is 16.1. The van der Waals surface area contributed by atoms with Gasteiger partial charge in [-0.25, -0.2) is 4.79 Å². The summed E-state index contributed by atoms with van der Waals surface area (Å²) in [6, 6.07) is 6.75. The second-order valence-electron chi connectivity index (χ2n) is 5.36. The smallest absolute Gasteiger partial charge is 0.437 e. The van der Waals surface area contributed by atoms with Crippen molar-refractivity contribution in [2.45, 2.75) is 13.0 Å². The van der Waals surface area contributed by atoms with E-state index in [-0.39, 0.29) is 24.8 Å². The molecule has 0 bridgehead atoms. The number of benzene rings is 1. The highest BCUT2D eigenvalue weighted by atomic mass is 35.5. The molecule has 27 heavy (non-hydrogen) atoms. The Kier molecular flexibility index (Phi) is 5.82. The molecule has 0 radical (unpaired) electrons. The van der Waals surface area contributed by atoms with Gasteiger partial charge in [0.05, 0.1) is 36.4 Å². The van der Waals surface area contributed by atoms with Gasteiger partial charge in [-0.3, -0.25) is 4.79 Å². The van der Waals surface area contributed by atoms with Crippen molar-refractivity contribution in [3.05, 3.63) is 45.2 Å². The standard InChI is InChI=1S/C17H16ClN3O5S/c1-24-12-9-11(13(25-2)8-10(12)18)19-15(22)5-6-21-17(23)26-16(20-21)14-4-3-7-27-14/h3-4,7-9H,5-6H2,1-2H3,(H,19,22). The van der Waals surface area contributed by atoms with E-state index < -0.39 is 5.76 Å². The molecule has 0 saturated heterocycles. The molecule has 10 heteroatoms. The van der Waals surface area contributed by atoms with Crippen molar-refractivity contribution in [2.24, 2.45) is 0 Å². The lowest BCUT2D eigenvalue weighted by atomic mass is 10.2. The highest BCUT2D eigenvalue weighted by molar-refractivity contribution is 7.13. The summed E-state index contributed by atoms with van der Waals surface area (Å²) in [5, 5.41) is 9.04. The van der Waals surface area contributed by atoms with Crippen LogP contribution in [0.15, 0.2) is 38.9 Å². The number of hydrogen-bond acceptors (Lipinski definition) is 7. The van der Waals surface area contributed by atoms with Crippen molar-refractivity contribution in [3.63, 3.8) is 0 Å². The van der Waals surface area contributed by atoms with Crippen LogP contribution in [0.25, 0.3) is 10.8 Å². The molecule has 0 spiro atoms. The van der Waals surface area contributed by atoms with Gasteiger partial charge in [-0.05, 0) is 11.4 Å². The topological polar surface area (TPSA) is 95.6 Å². The number of nitrogens with zero attached hydrogens (tertiary/aromatic N) is 2. The van der Waals surface area contributed by atoms with Gasteiger partial charge in [0.2, 0.25) is 5.91 Å². The molecule has 0 unspecified atom stereocenters. The summed E-state index contributed by atoms with van der Waals surface area (Å²) >= 11 is 7.46. The van der Waals surface area contributed by atoms with Gasteiger partial charge in [-0.15, -0.1) is 16.4 Å². The van der Waals surface area contributed by atoms with Crippen LogP contribution in [-0.2, 0) is 11.3 Å². The summed E-state index contributed by atoms with van der Waals surface area (Å²) in [4.78, 5) is 24.9. The first-order valence-corrected chi connectivity index (χ1v) is 9.10. The van der Waals surface area contributed by atoms with Gasteiger partial charge in [-0.1, -0.05) is 17.7 Å². The first-order chi connectivity index (χ1) is 13.0. The highest BCUT2D eigenvalue weighted by Crippen LogP contribution is 2.35. The lowest BCUT2D eigenvalue weighted by molar-refractivity contribution is -0.116. The number of carbonyl (C=O) groups is 1. The van der Waals surface area contributed by atoms with Crippen LogP contribution in [0.2, 0.25) is 5.02 Å². The van der Waals surface area contributed by atoms with Crippen LogP contribution >= 0.6 is 22.9 Å². The molecule has 3 rings (SSSR count). The van der Waals surface area contributed by atoms with Crippen molar-refractivity contribution in [1.29, 1.82) is 0 Å². The van der Waals surface area contributed by atoms with Crippen molar-refractivity contribution >= 4 is 34.5 Å². The highest BCUT2D eigenvalue weighted by Gasteiger charge is 2.15. The largest absolute Gasteiger partial charge is 0.495 e. The average molecular weight is 410 g/mol. The molecule has 142 valence electrons. The second-order valence-corrected chi connectivity index (χ2v) is 6.71. The summed E-state index contributed by atoms with van der Waals surface area (Å²) in [6.07, 6.45) is 0.0183. The number of methoxy groups -OCH3 is 2. The maximum absolute atomic E-state index is 12.3. The van der Waals surface area contributed by atoms with Gasteiger partial charge in [0.25, 0.3) is 5.89 Å². The Hall–Kier alpha value is -2.78. The van der Waals surface area contributed by atoms with E-state index >= 15 is 0 Å². The molecule has 2 aromatic heterocycles. The summed E-state index contributed by atoms with van der Waals surface area (Å²) in [7, 11) is 2.94.